The van der Waals surface area contributed by atoms with Crippen molar-refractivity contribution in [1.82, 2.24) is 4.98 Å². The van der Waals surface area contributed by atoms with E-state index in [4.69, 9.17) is 10.5 Å². The average Bonchev–Trinajstić information content (AvgIpc) is 3.16. The second-order valence-corrected chi connectivity index (χ2v) is 8.17. The van der Waals surface area contributed by atoms with Gasteiger partial charge in [-0.1, -0.05) is 62.4 Å². The minimum Gasteiger partial charge on any atom is -0.495 e. The second kappa shape index (κ2) is 8.93. The number of ether oxygens (including phenoxy) is 1. The molecule has 0 saturated heterocycles. The first-order chi connectivity index (χ1) is 14.7. The molecule has 1 atom stereocenters. The van der Waals surface area contributed by atoms with Crippen LogP contribution in [0.5, 0.6) is 5.75 Å². The zero-order valence-corrected chi connectivity index (χ0v) is 18.3. The summed E-state index contributed by atoms with van der Waals surface area (Å²) in [6, 6.07) is 19.5. The van der Waals surface area contributed by atoms with Gasteiger partial charge in [-0.05, 0) is 60.7 Å². The highest BCUT2D eigenvalue weighted by molar-refractivity contribution is 5.99. The Bertz CT molecular complexity index is 1160. The molecule has 156 valence electrons. The molecule has 0 saturated carbocycles. The molecular formula is C27H32N2O. The SMILES string of the molecule is CCC(C)c1cccc2c(CCCCN)c(-c3ccc4ccccc4c3OC)[nH]c12. The highest BCUT2D eigenvalue weighted by atomic mass is 16.5. The van der Waals surface area contributed by atoms with Gasteiger partial charge in [-0.25, -0.2) is 0 Å². The van der Waals surface area contributed by atoms with Crippen LogP contribution >= 0.6 is 0 Å². The van der Waals surface area contributed by atoms with Gasteiger partial charge in [-0.2, -0.15) is 0 Å². The van der Waals surface area contributed by atoms with Crippen LogP contribution in [0.3, 0.4) is 0 Å². The van der Waals surface area contributed by atoms with Crippen LogP contribution in [0.15, 0.2) is 54.6 Å². The van der Waals surface area contributed by atoms with Crippen molar-refractivity contribution in [2.24, 2.45) is 5.73 Å². The molecule has 0 spiro atoms. The lowest BCUT2D eigenvalue weighted by Crippen LogP contribution is -1.99. The number of nitrogens with one attached hydrogen (secondary N) is 1. The molecule has 1 unspecified atom stereocenters. The summed E-state index contributed by atoms with van der Waals surface area (Å²) in [5, 5.41) is 3.67. The molecule has 30 heavy (non-hydrogen) atoms. The van der Waals surface area contributed by atoms with E-state index in [1.54, 1.807) is 7.11 Å². The topological polar surface area (TPSA) is 51.0 Å². The first-order valence-corrected chi connectivity index (χ1v) is 11.1. The van der Waals surface area contributed by atoms with Crippen LogP contribution in [0.4, 0.5) is 0 Å². The van der Waals surface area contributed by atoms with E-state index < -0.39 is 0 Å². The van der Waals surface area contributed by atoms with Gasteiger partial charge < -0.3 is 15.5 Å². The van der Waals surface area contributed by atoms with Crippen molar-refractivity contribution in [1.29, 1.82) is 0 Å². The molecule has 4 rings (SSSR count). The average molecular weight is 401 g/mol. The van der Waals surface area contributed by atoms with E-state index in [1.165, 1.54) is 33.1 Å². The van der Waals surface area contributed by atoms with Crippen LogP contribution in [0.1, 0.15) is 50.2 Å². The predicted molar refractivity (Wildman–Crippen MR) is 128 cm³/mol. The fourth-order valence-corrected chi connectivity index (χ4v) is 4.52. The lowest BCUT2D eigenvalue weighted by molar-refractivity contribution is 0.421. The van der Waals surface area contributed by atoms with Crippen molar-refractivity contribution >= 4 is 21.7 Å². The Balaban J connectivity index is 1.98. The molecular weight excluding hydrogens is 368 g/mol. The summed E-state index contributed by atoms with van der Waals surface area (Å²) in [5.74, 6) is 1.44. The summed E-state index contributed by atoms with van der Waals surface area (Å²) < 4.78 is 5.95. The lowest BCUT2D eigenvalue weighted by atomic mass is 9.94. The van der Waals surface area contributed by atoms with Gasteiger partial charge in [0.25, 0.3) is 0 Å². The zero-order chi connectivity index (χ0) is 21.1. The number of aryl methyl sites for hydroxylation is 1. The first kappa shape index (κ1) is 20.5. The lowest BCUT2D eigenvalue weighted by Gasteiger charge is -2.13. The molecule has 3 nitrogen and oxygen atoms in total. The van der Waals surface area contributed by atoms with Crippen molar-refractivity contribution in [3.63, 3.8) is 0 Å². The van der Waals surface area contributed by atoms with Crippen molar-refractivity contribution in [2.45, 2.75) is 45.4 Å². The Kier molecular flexibility index (Phi) is 6.10. The molecule has 0 amide bonds. The normalized spacial score (nSPS) is 12.5. The summed E-state index contributed by atoms with van der Waals surface area (Å²) in [6.45, 7) is 5.29. The van der Waals surface area contributed by atoms with Gasteiger partial charge in [0.2, 0.25) is 0 Å². The van der Waals surface area contributed by atoms with E-state index in [9.17, 15) is 0 Å². The Morgan fingerprint density at radius 1 is 0.967 bits per heavy atom. The second-order valence-electron chi connectivity index (χ2n) is 8.17. The van der Waals surface area contributed by atoms with Gasteiger partial charge in [0.1, 0.15) is 5.75 Å². The molecule has 0 aliphatic heterocycles. The Labute approximate surface area is 179 Å². The minimum absolute atomic E-state index is 0.510. The fourth-order valence-electron chi connectivity index (χ4n) is 4.52. The third-order valence-corrected chi connectivity index (χ3v) is 6.35. The van der Waals surface area contributed by atoms with Crippen LogP contribution in [0, 0.1) is 0 Å². The summed E-state index contributed by atoms with van der Waals surface area (Å²) in [7, 11) is 1.77. The molecule has 1 heterocycles. The van der Waals surface area contributed by atoms with Gasteiger partial charge in [0.15, 0.2) is 0 Å². The van der Waals surface area contributed by atoms with Crippen molar-refractivity contribution in [3.8, 4) is 17.0 Å². The number of fused-ring (bicyclic) bond motifs is 2. The van der Waals surface area contributed by atoms with E-state index in [-0.39, 0.29) is 0 Å². The number of H-pyrrole nitrogens is 1. The maximum Gasteiger partial charge on any atom is 0.136 e. The van der Waals surface area contributed by atoms with E-state index in [0.717, 1.165) is 48.9 Å². The smallest absolute Gasteiger partial charge is 0.136 e. The van der Waals surface area contributed by atoms with E-state index in [1.807, 2.05) is 0 Å². The molecule has 4 aromatic rings. The fraction of sp³-hybridized carbons (Fsp3) is 0.333. The van der Waals surface area contributed by atoms with Gasteiger partial charge in [-0.15, -0.1) is 0 Å². The number of nitrogens with two attached hydrogens (primary N) is 1. The maximum atomic E-state index is 5.95. The number of rotatable bonds is 8. The molecule has 1 aromatic heterocycles. The number of hydrogen-bond acceptors (Lipinski definition) is 2. The van der Waals surface area contributed by atoms with E-state index >= 15 is 0 Å². The third-order valence-electron chi connectivity index (χ3n) is 6.35. The van der Waals surface area contributed by atoms with Crippen LogP contribution in [-0.2, 0) is 6.42 Å². The molecule has 3 N–H and O–H groups in total. The highest BCUT2D eigenvalue weighted by Crippen LogP contribution is 2.42. The molecule has 3 heteroatoms. The molecule has 0 bridgehead atoms. The number of benzene rings is 3. The van der Waals surface area contributed by atoms with Crippen molar-refractivity contribution in [2.75, 3.05) is 13.7 Å². The Morgan fingerprint density at radius 3 is 2.53 bits per heavy atom. The standard InChI is InChI=1S/C27H32N2O/c1-4-18(2)20-13-9-14-23-22(12-7-8-17-28)26(29-25(20)23)24-16-15-19-10-5-6-11-21(19)27(24)30-3/h5-6,9-11,13-16,18,29H,4,7-8,12,17,28H2,1-3H3. The van der Waals surface area contributed by atoms with Gasteiger partial charge in [-0.3, -0.25) is 0 Å². The van der Waals surface area contributed by atoms with Crippen LogP contribution in [-0.4, -0.2) is 18.6 Å². The van der Waals surface area contributed by atoms with Gasteiger partial charge >= 0.3 is 0 Å². The minimum atomic E-state index is 0.510. The molecule has 3 aromatic carbocycles. The summed E-state index contributed by atoms with van der Waals surface area (Å²) in [5.41, 5.74) is 12.1. The van der Waals surface area contributed by atoms with Crippen molar-refractivity contribution in [3.05, 3.63) is 65.7 Å². The van der Waals surface area contributed by atoms with Crippen LogP contribution < -0.4 is 10.5 Å². The highest BCUT2D eigenvalue weighted by Gasteiger charge is 2.20. The Morgan fingerprint density at radius 2 is 1.77 bits per heavy atom. The largest absolute Gasteiger partial charge is 0.495 e. The van der Waals surface area contributed by atoms with Gasteiger partial charge in [0, 0.05) is 21.9 Å². The number of unbranched alkanes of at least 4 members (excludes halogenated alkanes) is 1. The number of methoxy groups -OCH3 is 1. The molecule has 0 aliphatic rings. The van der Waals surface area contributed by atoms with E-state index in [2.05, 4.69) is 73.4 Å². The third kappa shape index (κ3) is 3.59. The summed E-state index contributed by atoms with van der Waals surface area (Å²) >= 11 is 0. The maximum absolute atomic E-state index is 5.95. The van der Waals surface area contributed by atoms with E-state index in [0.29, 0.717) is 5.92 Å². The van der Waals surface area contributed by atoms with Gasteiger partial charge in [0.05, 0.1) is 12.8 Å². The number of aromatic amines is 1. The first-order valence-electron chi connectivity index (χ1n) is 11.1. The molecule has 0 fully saturated rings. The predicted octanol–water partition coefficient (Wildman–Crippen LogP) is 6.79. The zero-order valence-electron chi connectivity index (χ0n) is 18.3. The Hall–Kier alpha value is -2.78. The molecule has 0 aliphatic carbocycles. The number of para-hydroxylation sites is 1. The summed E-state index contributed by atoms with van der Waals surface area (Å²) in [6.07, 6.45) is 4.24. The quantitative estimate of drug-likeness (QED) is 0.320. The summed E-state index contributed by atoms with van der Waals surface area (Å²) in [4.78, 5) is 3.82. The van der Waals surface area contributed by atoms with Crippen molar-refractivity contribution < 1.29 is 4.74 Å². The number of aromatic nitrogens is 1. The van der Waals surface area contributed by atoms with Crippen LogP contribution in [0.2, 0.25) is 0 Å². The van der Waals surface area contributed by atoms with Crippen LogP contribution in [0.25, 0.3) is 32.9 Å². The number of hydrogen-bond donors (Lipinski definition) is 2. The molecule has 0 radical (unpaired) electrons. The monoisotopic (exact) mass is 400 g/mol.